The molecule has 0 spiro atoms. The second-order valence-electron chi connectivity index (χ2n) is 5.24. The van der Waals surface area contributed by atoms with Crippen LogP contribution in [0, 0.1) is 13.8 Å². The van der Waals surface area contributed by atoms with Crippen molar-refractivity contribution < 1.29 is 28.7 Å². The molecule has 1 heterocycles. The van der Waals surface area contributed by atoms with Gasteiger partial charge in [-0.3, -0.25) is 10.1 Å². The van der Waals surface area contributed by atoms with E-state index in [2.05, 4.69) is 15.6 Å². The van der Waals surface area contributed by atoms with Crippen LogP contribution in [0.15, 0.2) is 0 Å². The fraction of sp³-hybridized carbons (Fsp3) is 0.500. The van der Waals surface area contributed by atoms with Crippen molar-refractivity contribution in [2.75, 3.05) is 13.2 Å². The van der Waals surface area contributed by atoms with Crippen LogP contribution in [-0.4, -0.2) is 48.1 Å². The van der Waals surface area contributed by atoms with Gasteiger partial charge in [0, 0.05) is 12.2 Å². The van der Waals surface area contributed by atoms with E-state index in [0.29, 0.717) is 17.8 Å². The van der Waals surface area contributed by atoms with Crippen molar-refractivity contribution in [1.29, 1.82) is 0 Å². The monoisotopic (exact) mass is 353 g/mol. The first kappa shape index (κ1) is 20.2. The van der Waals surface area contributed by atoms with Crippen molar-refractivity contribution in [3.8, 4) is 0 Å². The van der Waals surface area contributed by atoms with Crippen molar-refractivity contribution in [3.63, 3.8) is 0 Å². The summed E-state index contributed by atoms with van der Waals surface area (Å²) < 4.78 is 10.0. The summed E-state index contributed by atoms with van der Waals surface area (Å²) in [6.45, 7) is 8.45. The normalized spacial score (nSPS) is 11.4. The molecule has 0 aliphatic carbocycles. The standard InChI is InChI=1S/C16H23N3O6/c1-6-17-16(23)19-13(20)10(5)25-14(21)11-8(3)12(18-9(11)4)15(22)24-7-2/h10,18H,6-7H2,1-5H3,(H2,17,19,20,23). The lowest BCUT2D eigenvalue weighted by Crippen LogP contribution is -2.44. The van der Waals surface area contributed by atoms with Crippen molar-refractivity contribution in [2.24, 2.45) is 0 Å². The maximum absolute atomic E-state index is 12.3. The Kier molecular flexibility index (Phi) is 7.16. The van der Waals surface area contributed by atoms with Crippen LogP contribution >= 0.6 is 0 Å². The van der Waals surface area contributed by atoms with Crippen LogP contribution < -0.4 is 10.6 Å². The van der Waals surface area contributed by atoms with Crippen LogP contribution in [0.1, 0.15) is 52.9 Å². The molecule has 0 bridgehead atoms. The maximum atomic E-state index is 12.3. The molecule has 0 saturated carbocycles. The number of aromatic nitrogens is 1. The molecular weight excluding hydrogens is 330 g/mol. The van der Waals surface area contributed by atoms with Crippen molar-refractivity contribution in [3.05, 3.63) is 22.5 Å². The summed E-state index contributed by atoms with van der Waals surface area (Å²) >= 11 is 0. The van der Waals surface area contributed by atoms with E-state index in [1.807, 2.05) is 0 Å². The fourth-order valence-corrected chi connectivity index (χ4v) is 2.15. The summed E-state index contributed by atoms with van der Waals surface area (Å²) in [6, 6.07) is -0.672. The molecule has 0 aromatic carbocycles. The number of ether oxygens (including phenoxy) is 2. The fourth-order valence-electron chi connectivity index (χ4n) is 2.15. The van der Waals surface area contributed by atoms with Gasteiger partial charge in [0.05, 0.1) is 12.2 Å². The Bertz CT molecular complexity index is 680. The second kappa shape index (κ2) is 8.86. The number of carbonyl (C=O) groups is 4. The topological polar surface area (TPSA) is 127 Å². The molecule has 3 N–H and O–H groups in total. The molecular formula is C16H23N3O6. The Balaban J connectivity index is 2.85. The Morgan fingerprint density at radius 2 is 1.76 bits per heavy atom. The minimum atomic E-state index is -1.19. The summed E-state index contributed by atoms with van der Waals surface area (Å²) in [4.78, 5) is 50.1. The lowest BCUT2D eigenvalue weighted by Gasteiger charge is -2.13. The van der Waals surface area contributed by atoms with Gasteiger partial charge < -0.3 is 19.8 Å². The molecule has 0 saturated heterocycles. The first-order chi connectivity index (χ1) is 11.7. The number of urea groups is 1. The molecule has 0 aliphatic rings. The van der Waals surface area contributed by atoms with E-state index in [9.17, 15) is 19.2 Å². The minimum Gasteiger partial charge on any atom is -0.461 e. The molecule has 0 aliphatic heterocycles. The number of H-pyrrole nitrogens is 1. The average molecular weight is 353 g/mol. The number of esters is 2. The minimum absolute atomic E-state index is 0.153. The highest BCUT2D eigenvalue weighted by Gasteiger charge is 2.27. The third-order valence-corrected chi connectivity index (χ3v) is 3.35. The zero-order chi connectivity index (χ0) is 19.1. The van der Waals surface area contributed by atoms with Gasteiger partial charge in [0.25, 0.3) is 5.91 Å². The van der Waals surface area contributed by atoms with Gasteiger partial charge >= 0.3 is 18.0 Å². The summed E-state index contributed by atoms with van der Waals surface area (Å²) in [5.41, 5.74) is 1.10. The van der Waals surface area contributed by atoms with E-state index >= 15 is 0 Å². The number of aromatic amines is 1. The van der Waals surface area contributed by atoms with E-state index < -0.39 is 30.0 Å². The zero-order valence-electron chi connectivity index (χ0n) is 14.9. The molecule has 1 unspecified atom stereocenters. The molecule has 9 nitrogen and oxygen atoms in total. The van der Waals surface area contributed by atoms with Crippen molar-refractivity contribution >= 4 is 23.9 Å². The van der Waals surface area contributed by atoms with Gasteiger partial charge in [-0.25, -0.2) is 14.4 Å². The molecule has 0 radical (unpaired) electrons. The Morgan fingerprint density at radius 3 is 2.32 bits per heavy atom. The number of amides is 3. The smallest absolute Gasteiger partial charge is 0.355 e. The highest BCUT2D eigenvalue weighted by atomic mass is 16.5. The van der Waals surface area contributed by atoms with Crippen LogP contribution in [0.2, 0.25) is 0 Å². The van der Waals surface area contributed by atoms with Gasteiger partial charge in [0.1, 0.15) is 5.69 Å². The molecule has 1 aromatic heterocycles. The summed E-state index contributed by atoms with van der Waals surface area (Å²) in [6.07, 6.45) is -1.19. The number of hydrogen-bond acceptors (Lipinski definition) is 6. The highest BCUT2D eigenvalue weighted by Crippen LogP contribution is 2.20. The molecule has 3 amide bonds. The lowest BCUT2D eigenvalue weighted by molar-refractivity contribution is -0.127. The van der Waals surface area contributed by atoms with E-state index in [1.54, 1.807) is 27.7 Å². The third kappa shape index (κ3) is 5.07. The van der Waals surface area contributed by atoms with E-state index in [-0.39, 0.29) is 17.9 Å². The van der Waals surface area contributed by atoms with Gasteiger partial charge in [-0.1, -0.05) is 0 Å². The van der Waals surface area contributed by atoms with Crippen LogP contribution in [0.3, 0.4) is 0 Å². The van der Waals surface area contributed by atoms with Crippen LogP contribution in [0.25, 0.3) is 0 Å². The highest BCUT2D eigenvalue weighted by molar-refractivity contribution is 6.01. The van der Waals surface area contributed by atoms with Crippen LogP contribution in [0.5, 0.6) is 0 Å². The quantitative estimate of drug-likeness (QED) is 0.660. The first-order valence-corrected chi connectivity index (χ1v) is 7.88. The predicted octanol–water partition coefficient (Wildman–Crippen LogP) is 1.20. The van der Waals surface area contributed by atoms with Crippen LogP contribution in [0.4, 0.5) is 4.79 Å². The summed E-state index contributed by atoms with van der Waals surface area (Å²) in [7, 11) is 0. The average Bonchev–Trinajstić information content (AvgIpc) is 2.82. The predicted molar refractivity (Wildman–Crippen MR) is 88.3 cm³/mol. The summed E-state index contributed by atoms with van der Waals surface area (Å²) in [5.74, 6) is -2.11. The second-order valence-corrected chi connectivity index (χ2v) is 5.24. The van der Waals surface area contributed by atoms with E-state index in [4.69, 9.17) is 9.47 Å². The number of nitrogens with one attached hydrogen (secondary N) is 3. The zero-order valence-corrected chi connectivity index (χ0v) is 14.9. The molecule has 0 fully saturated rings. The SMILES string of the molecule is CCNC(=O)NC(=O)C(C)OC(=O)c1c(C)[nH]c(C(=O)OCC)c1C. The third-order valence-electron chi connectivity index (χ3n) is 3.35. The number of aryl methyl sites for hydroxylation is 1. The maximum Gasteiger partial charge on any atom is 0.355 e. The van der Waals surface area contributed by atoms with E-state index in [0.717, 1.165) is 0 Å². The molecule has 25 heavy (non-hydrogen) atoms. The van der Waals surface area contributed by atoms with E-state index in [1.165, 1.54) is 6.92 Å². The van der Waals surface area contributed by atoms with Gasteiger partial charge in [0.2, 0.25) is 0 Å². The molecule has 9 heteroatoms. The molecule has 1 atom stereocenters. The molecule has 1 aromatic rings. The number of rotatable bonds is 6. The largest absolute Gasteiger partial charge is 0.461 e. The van der Waals surface area contributed by atoms with Gasteiger partial charge in [-0.2, -0.15) is 0 Å². The number of hydrogen-bond donors (Lipinski definition) is 3. The number of carbonyl (C=O) groups excluding carboxylic acids is 4. The number of imide groups is 1. The Morgan fingerprint density at radius 1 is 1.12 bits per heavy atom. The van der Waals surface area contributed by atoms with Crippen molar-refractivity contribution in [2.45, 2.75) is 40.7 Å². The lowest BCUT2D eigenvalue weighted by atomic mass is 10.1. The Hall–Kier alpha value is -2.84. The van der Waals surface area contributed by atoms with Crippen LogP contribution in [-0.2, 0) is 14.3 Å². The van der Waals surface area contributed by atoms with Crippen molar-refractivity contribution in [1.82, 2.24) is 15.6 Å². The summed E-state index contributed by atoms with van der Waals surface area (Å²) in [5, 5.41) is 4.45. The van der Waals surface area contributed by atoms with Gasteiger partial charge in [-0.05, 0) is 40.2 Å². The Labute approximate surface area is 145 Å². The molecule has 1 rings (SSSR count). The molecule has 138 valence electrons. The first-order valence-electron chi connectivity index (χ1n) is 7.88. The van der Waals surface area contributed by atoms with Gasteiger partial charge in [-0.15, -0.1) is 0 Å². The van der Waals surface area contributed by atoms with Gasteiger partial charge in [0.15, 0.2) is 6.10 Å².